The molecule has 0 fully saturated rings. The normalized spacial score (nSPS) is 17.2. The lowest BCUT2D eigenvalue weighted by Gasteiger charge is -2.23. The Hall–Kier alpha value is -1.33. The first kappa shape index (κ1) is 12.1. The third kappa shape index (κ3) is 2.35. The molecule has 92 valence electrons. The van der Waals surface area contributed by atoms with Gasteiger partial charge in [-0.1, -0.05) is 12.2 Å². The van der Waals surface area contributed by atoms with Crippen molar-refractivity contribution < 1.29 is 8.42 Å². The van der Waals surface area contributed by atoms with Crippen molar-refractivity contribution in [3.05, 3.63) is 35.9 Å². The fourth-order valence-corrected chi connectivity index (χ4v) is 3.29. The molecule has 1 heterocycles. The topological polar surface area (TPSA) is 63.4 Å². The molecule has 1 aromatic carbocycles. The molecule has 0 spiro atoms. The number of aryl methyl sites for hydroxylation is 1. The van der Waals surface area contributed by atoms with Gasteiger partial charge in [0.25, 0.3) is 0 Å². The van der Waals surface area contributed by atoms with E-state index in [1.807, 2.05) is 19.1 Å². The monoisotopic (exact) mass is 252 g/mol. The summed E-state index contributed by atoms with van der Waals surface area (Å²) in [6, 6.07) is 4.83. The maximum Gasteiger partial charge on any atom is 0.243 e. The van der Waals surface area contributed by atoms with Crippen LogP contribution in [0.3, 0.4) is 0 Å². The van der Waals surface area contributed by atoms with Gasteiger partial charge in [0.2, 0.25) is 10.0 Å². The molecule has 0 aromatic heterocycles. The van der Waals surface area contributed by atoms with E-state index in [1.165, 1.54) is 4.31 Å². The second-order valence-electron chi connectivity index (χ2n) is 4.14. The van der Waals surface area contributed by atoms with Gasteiger partial charge < -0.3 is 5.73 Å². The molecule has 4 nitrogen and oxygen atoms in total. The summed E-state index contributed by atoms with van der Waals surface area (Å²) >= 11 is 0. The molecule has 0 unspecified atom stereocenters. The molecule has 1 aliphatic rings. The van der Waals surface area contributed by atoms with E-state index in [4.69, 9.17) is 5.73 Å². The van der Waals surface area contributed by atoms with Crippen molar-refractivity contribution in [1.82, 2.24) is 4.31 Å². The van der Waals surface area contributed by atoms with Crippen molar-refractivity contribution in [3.8, 4) is 0 Å². The zero-order valence-corrected chi connectivity index (χ0v) is 10.6. The van der Waals surface area contributed by atoms with Gasteiger partial charge in [0.1, 0.15) is 0 Å². The van der Waals surface area contributed by atoms with Gasteiger partial charge in [-0.05, 0) is 37.1 Å². The van der Waals surface area contributed by atoms with Crippen LogP contribution in [0.2, 0.25) is 0 Å². The highest BCUT2D eigenvalue weighted by Gasteiger charge is 2.24. The molecule has 0 atom stereocenters. The summed E-state index contributed by atoms with van der Waals surface area (Å²) in [5.74, 6) is 0. The van der Waals surface area contributed by atoms with Crippen LogP contribution in [-0.4, -0.2) is 25.8 Å². The first-order valence-corrected chi connectivity index (χ1v) is 6.97. The number of sulfonamides is 1. The van der Waals surface area contributed by atoms with Crippen molar-refractivity contribution in [2.24, 2.45) is 0 Å². The maximum atomic E-state index is 12.3. The summed E-state index contributed by atoms with van der Waals surface area (Å²) in [6.07, 6.45) is 4.65. The predicted molar refractivity (Wildman–Crippen MR) is 68.1 cm³/mol. The molecule has 2 rings (SSSR count). The number of hydrogen-bond acceptors (Lipinski definition) is 3. The highest BCUT2D eigenvalue weighted by Crippen LogP contribution is 2.21. The highest BCUT2D eigenvalue weighted by atomic mass is 32.2. The second kappa shape index (κ2) is 4.50. The van der Waals surface area contributed by atoms with Crippen molar-refractivity contribution in [3.63, 3.8) is 0 Å². The lowest BCUT2D eigenvalue weighted by Crippen LogP contribution is -2.33. The lowest BCUT2D eigenvalue weighted by atomic mass is 10.2. The van der Waals surface area contributed by atoms with E-state index >= 15 is 0 Å². The molecule has 0 bridgehead atoms. The SMILES string of the molecule is Cc1cc(S(=O)(=O)N2CC=CCC2)ccc1N. The third-order valence-electron chi connectivity index (χ3n) is 2.90. The van der Waals surface area contributed by atoms with Gasteiger partial charge in [-0.3, -0.25) is 0 Å². The van der Waals surface area contributed by atoms with Crippen LogP contribution in [0.15, 0.2) is 35.2 Å². The Bertz CT molecular complexity index is 550. The first-order valence-electron chi connectivity index (χ1n) is 5.53. The first-order chi connectivity index (χ1) is 8.01. The molecular formula is C12H16N2O2S. The van der Waals surface area contributed by atoms with Gasteiger partial charge in [-0.2, -0.15) is 4.31 Å². The third-order valence-corrected chi connectivity index (χ3v) is 4.76. The molecular weight excluding hydrogens is 236 g/mol. The van der Waals surface area contributed by atoms with Crippen LogP contribution < -0.4 is 5.73 Å². The molecule has 1 aliphatic heterocycles. The van der Waals surface area contributed by atoms with Gasteiger partial charge in [0.05, 0.1) is 4.90 Å². The highest BCUT2D eigenvalue weighted by molar-refractivity contribution is 7.89. The smallest absolute Gasteiger partial charge is 0.243 e. The largest absolute Gasteiger partial charge is 0.399 e. The van der Waals surface area contributed by atoms with Crippen molar-refractivity contribution >= 4 is 15.7 Å². The van der Waals surface area contributed by atoms with E-state index in [1.54, 1.807) is 18.2 Å². The van der Waals surface area contributed by atoms with E-state index in [-0.39, 0.29) is 0 Å². The van der Waals surface area contributed by atoms with Crippen molar-refractivity contribution in [2.45, 2.75) is 18.2 Å². The number of benzene rings is 1. The Balaban J connectivity index is 2.37. The Kier molecular flexibility index (Phi) is 3.22. The summed E-state index contributed by atoms with van der Waals surface area (Å²) in [5, 5.41) is 0. The number of nitrogens with zero attached hydrogens (tertiary/aromatic N) is 1. The Morgan fingerprint density at radius 2 is 2.06 bits per heavy atom. The predicted octanol–water partition coefficient (Wildman–Crippen LogP) is 1.53. The maximum absolute atomic E-state index is 12.3. The van der Waals surface area contributed by atoms with Crippen LogP contribution >= 0.6 is 0 Å². The number of nitrogen functional groups attached to an aromatic ring is 1. The second-order valence-corrected chi connectivity index (χ2v) is 6.08. The Morgan fingerprint density at radius 1 is 1.29 bits per heavy atom. The molecule has 0 aliphatic carbocycles. The molecule has 0 radical (unpaired) electrons. The van der Waals surface area contributed by atoms with Crippen LogP contribution in [0.4, 0.5) is 5.69 Å². The van der Waals surface area contributed by atoms with Gasteiger partial charge in [-0.15, -0.1) is 0 Å². The van der Waals surface area contributed by atoms with Gasteiger partial charge in [0, 0.05) is 18.8 Å². The molecule has 2 N–H and O–H groups in total. The van der Waals surface area contributed by atoms with Crippen LogP contribution in [0.5, 0.6) is 0 Å². The Labute approximate surface area is 102 Å². The van der Waals surface area contributed by atoms with Crippen LogP contribution in [0.25, 0.3) is 0 Å². The average Bonchev–Trinajstić information content (AvgIpc) is 2.33. The van der Waals surface area contributed by atoms with E-state index < -0.39 is 10.0 Å². The minimum absolute atomic E-state index is 0.319. The average molecular weight is 252 g/mol. The van der Waals surface area contributed by atoms with E-state index in [2.05, 4.69) is 0 Å². The zero-order chi connectivity index (χ0) is 12.5. The summed E-state index contributed by atoms with van der Waals surface area (Å²) in [7, 11) is -3.37. The number of anilines is 1. The van der Waals surface area contributed by atoms with Crippen LogP contribution in [0, 0.1) is 6.92 Å². The van der Waals surface area contributed by atoms with E-state index in [0.717, 1.165) is 12.0 Å². The summed E-state index contributed by atoms with van der Waals surface area (Å²) in [6.45, 7) is 2.80. The number of hydrogen-bond donors (Lipinski definition) is 1. The fraction of sp³-hybridized carbons (Fsp3) is 0.333. The number of rotatable bonds is 2. The van der Waals surface area contributed by atoms with Crippen LogP contribution in [0.1, 0.15) is 12.0 Å². The molecule has 1 aromatic rings. The molecule has 5 heteroatoms. The molecule has 17 heavy (non-hydrogen) atoms. The minimum Gasteiger partial charge on any atom is -0.399 e. The van der Waals surface area contributed by atoms with Gasteiger partial charge >= 0.3 is 0 Å². The lowest BCUT2D eigenvalue weighted by molar-refractivity contribution is 0.437. The zero-order valence-electron chi connectivity index (χ0n) is 9.76. The van der Waals surface area contributed by atoms with Crippen molar-refractivity contribution in [2.75, 3.05) is 18.8 Å². The van der Waals surface area contributed by atoms with Gasteiger partial charge in [0.15, 0.2) is 0 Å². The minimum atomic E-state index is -3.37. The summed E-state index contributed by atoms with van der Waals surface area (Å²) < 4.78 is 26.1. The fourth-order valence-electron chi connectivity index (χ4n) is 1.80. The van der Waals surface area contributed by atoms with Crippen molar-refractivity contribution in [1.29, 1.82) is 0 Å². The van der Waals surface area contributed by atoms with E-state index in [9.17, 15) is 8.42 Å². The molecule has 0 saturated heterocycles. The standard InChI is InChI=1S/C12H16N2O2S/c1-10-9-11(5-6-12(10)13)17(15,16)14-7-3-2-4-8-14/h2-3,5-6,9H,4,7-8,13H2,1H3. The Morgan fingerprint density at radius 3 is 2.65 bits per heavy atom. The quantitative estimate of drug-likeness (QED) is 0.641. The van der Waals surface area contributed by atoms with Gasteiger partial charge in [-0.25, -0.2) is 8.42 Å². The molecule has 0 amide bonds. The van der Waals surface area contributed by atoms with E-state index in [0.29, 0.717) is 23.7 Å². The summed E-state index contributed by atoms with van der Waals surface area (Å²) in [4.78, 5) is 0.319. The van der Waals surface area contributed by atoms with Crippen LogP contribution in [-0.2, 0) is 10.0 Å². The molecule has 0 saturated carbocycles. The number of nitrogens with two attached hydrogens (primary N) is 1. The summed E-state index contributed by atoms with van der Waals surface area (Å²) in [5.41, 5.74) is 7.09.